The molecule has 0 aliphatic heterocycles. The Bertz CT molecular complexity index is 1030. The molecule has 2 bridgehead atoms. The molecular formula is C37H60O7. The fraction of sp³-hybridized carbons (Fsp3) is 0.946. The number of carbonyl (C=O) groups excluding carboxylic acids is 2. The van der Waals surface area contributed by atoms with Gasteiger partial charge in [-0.3, -0.25) is 9.59 Å². The largest absolute Gasteiger partial charge is 0.463 e. The van der Waals surface area contributed by atoms with Crippen molar-refractivity contribution in [3.8, 4) is 0 Å². The summed E-state index contributed by atoms with van der Waals surface area (Å²) in [4.78, 5) is 24.4. The Labute approximate surface area is 265 Å². The fourth-order valence-electron chi connectivity index (χ4n) is 12.5. The Kier molecular flexibility index (Phi) is 9.52. The lowest BCUT2D eigenvalue weighted by Crippen LogP contribution is -2.62. The zero-order valence-electron chi connectivity index (χ0n) is 28.0. The van der Waals surface area contributed by atoms with Crippen molar-refractivity contribution in [3.63, 3.8) is 0 Å². The van der Waals surface area contributed by atoms with Gasteiger partial charge in [-0.2, -0.15) is 0 Å². The van der Waals surface area contributed by atoms with Crippen LogP contribution in [0.2, 0.25) is 0 Å². The topological polar surface area (TPSA) is 102 Å². The fourth-order valence-corrected chi connectivity index (χ4v) is 12.5. The van der Waals surface area contributed by atoms with Gasteiger partial charge in [-0.1, -0.05) is 27.7 Å². The second kappa shape index (κ2) is 12.8. The SMILES string of the molecule is CC(=O)O[C@@H]1CC[C@@]2(C)C(C1)C[C@@H](O)C1C2C[C@H](O)[C@]2(C)C(C(C)CCC(=O)OCOC3CC4CC(C)CC(C4)C3)CCC12. The van der Waals surface area contributed by atoms with Gasteiger partial charge in [-0.15, -0.1) is 0 Å². The number of hydrogen-bond donors (Lipinski definition) is 2. The molecule has 8 unspecified atom stereocenters. The second-order valence-corrected chi connectivity index (χ2v) is 17.1. The molecule has 0 aromatic heterocycles. The van der Waals surface area contributed by atoms with E-state index in [0.29, 0.717) is 18.3 Å². The summed E-state index contributed by atoms with van der Waals surface area (Å²) >= 11 is 0. The van der Waals surface area contributed by atoms with Gasteiger partial charge < -0.3 is 24.4 Å². The first-order valence-corrected chi connectivity index (χ1v) is 18.2. The molecule has 7 nitrogen and oxygen atoms in total. The molecule has 6 fully saturated rings. The van der Waals surface area contributed by atoms with E-state index in [4.69, 9.17) is 14.2 Å². The molecule has 0 radical (unpaired) electrons. The summed E-state index contributed by atoms with van der Waals surface area (Å²) in [6.45, 7) is 10.8. The van der Waals surface area contributed by atoms with Crippen LogP contribution in [0.15, 0.2) is 0 Å². The van der Waals surface area contributed by atoms with E-state index in [-0.39, 0.29) is 71.5 Å². The van der Waals surface area contributed by atoms with Gasteiger partial charge in [0.15, 0.2) is 6.79 Å². The smallest absolute Gasteiger partial charge is 0.307 e. The van der Waals surface area contributed by atoms with Gasteiger partial charge in [0, 0.05) is 13.3 Å². The predicted octanol–water partition coefficient (Wildman–Crippen LogP) is 6.67. The highest BCUT2D eigenvalue weighted by atomic mass is 16.7. The highest BCUT2D eigenvalue weighted by Gasteiger charge is 2.65. The average molecular weight is 617 g/mol. The summed E-state index contributed by atoms with van der Waals surface area (Å²) in [7, 11) is 0. The highest BCUT2D eigenvalue weighted by Crippen LogP contribution is 2.68. The summed E-state index contributed by atoms with van der Waals surface area (Å²) < 4.78 is 17.2. The quantitative estimate of drug-likeness (QED) is 0.232. The molecule has 0 aromatic rings. The lowest BCUT2D eigenvalue weighted by Gasteiger charge is -2.63. The minimum Gasteiger partial charge on any atom is -0.463 e. The molecule has 6 aliphatic carbocycles. The van der Waals surface area contributed by atoms with Crippen molar-refractivity contribution >= 4 is 11.9 Å². The molecule has 0 saturated heterocycles. The van der Waals surface area contributed by atoms with Gasteiger partial charge in [0.05, 0.1) is 18.3 Å². The molecule has 7 heteroatoms. The molecule has 0 aromatic carbocycles. The molecule has 0 heterocycles. The van der Waals surface area contributed by atoms with Crippen LogP contribution in [0.5, 0.6) is 0 Å². The lowest BCUT2D eigenvalue weighted by molar-refractivity contribution is -0.209. The van der Waals surface area contributed by atoms with E-state index >= 15 is 0 Å². The third-order valence-corrected chi connectivity index (χ3v) is 14.5. The van der Waals surface area contributed by atoms with E-state index in [1.807, 2.05) is 0 Å². The third-order valence-electron chi connectivity index (χ3n) is 14.5. The number of esters is 2. The van der Waals surface area contributed by atoms with Crippen molar-refractivity contribution in [1.82, 2.24) is 0 Å². The van der Waals surface area contributed by atoms with E-state index in [0.717, 1.165) is 82.0 Å². The Balaban J connectivity index is 1.02. The number of hydrogen-bond acceptors (Lipinski definition) is 7. The van der Waals surface area contributed by atoms with Crippen LogP contribution in [0.25, 0.3) is 0 Å². The van der Waals surface area contributed by atoms with Crippen molar-refractivity contribution in [3.05, 3.63) is 0 Å². The Morgan fingerprint density at radius 3 is 2.32 bits per heavy atom. The minimum absolute atomic E-state index is 0.0488. The molecule has 44 heavy (non-hydrogen) atoms. The van der Waals surface area contributed by atoms with Crippen LogP contribution < -0.4 is 0 Å². The van der Waals surface area contributed by atoms with Crippen molar-refractivity contribution in [2.45, 2.75) is 149 Å². The summed E-state index contributed by atoms with van der Waals surface area (Å²) in [6.07, 6.45) is 12.9. The van der Waals surface area contributed by atoms with Gasteiger partial charge in [-0.05, 0) is 148 Å². The molecule has 0 spiro atoms. The van der Waals surface area contributed by atoms with Crippen molar-refractivity contribution in [2.75, 3.05) is 6.79 Å². The maximum atomic E-state index is 12.7. The van der Waals surface area contributed by atoms with Crippen LogP contribution >= 0.6 is 0 Å². The molecule has 6 aliphatic rings. The molecule has 2 N–H and O–H groups in total. The molecule has 13 atom stereocenters. The zero-order chi connectivity index (χ0) is 31.4. The van der Waals surface area contributed by atoms with Crippen LogP contribution in [0.1, 0.15) is 125 Å². The van der Waals surface area contributed by atoms with E-state index in [2.05, 4.69) is 27.7 Å². The normalized spacial score (nSPS) is 48.8. The van der Waals surface area contributed by atoms with E-state index in [9.17, 15) is 19.8 Å². The van der Waals surface area contributed by atoms with Crippen molar-refractivity contribution in [2.24, 2.45) is 64.1 Å². The molecule has 250 valence electrons. The van der Waals surface area contributed by atoms with Crippen LogP contribution in [-0.4, -0.2) is 53.4 Å². The first-order valence-electron chi connectivity index (χ1n) is 18.2. The Morgan fingerprint density at radius 1 is 0.886 bits per heavy atom. The molecule has 0 amide bonds. The molecule has 6 rings (SSSR count). The number of rotatable bonds is 8. The van der Waals surface area contributed by atoms with Gasteiger partial charge in [0.25, 0.3) is 0 Å². The summed E-state index contributed by atoms with van der Waals surface area (Å²) in [5.74, 6) is 3.61. The molecule has 6 saturated carbocycles. The maximum Gasteiger partial charge on any atom is 0.307 e. The van der Waals surface area contributed by atoms with E-state index in [1.54, 1.807) is 0 Å². The van der Waals surface area contributed by atoms with Crippen LogP contribution in [0, 0.1) is 64.1 Å². The number of aliphatic hydroxyl groups is 2. The van der Waals surface area contributed by atoms with Gasteiger partial charge in [0.2, 0.25) is 0 Å². The lowest BCUT2D eigenvalue weighted by atomic mass is 9.43. The second-order valence-electron chi connectivity index (χ2n) is 17.1. The van der Waals surface area contributed by atoms with Gasteiger partial charge in [-0.25, -0.2) is 0 Å². The van der Waals surface area contributed by atoms with E-state index in [1.165, 1.54) is 26.2 Å². The number of carbonyl (C=O) groups is 2. The Morgan fingerprint density at radius 2 is 1.61 bits per heavy atom. The third kappa shape index (κ3) is 6.12. The first-order chi connectivity index (χ1) is 20.9. The van der Waals surface area contributed by atoms with Gasteiger partial charge >= 0.3 is 11.9 Å². The van der Waals surface area contributed by atoms with Crippen molar-refractivity contribution < 1.29 is 34.0 Å². The average Bonchev–Trinajstić information content (AvgIpc) is 3.30. The van der Waals surface area contributed by atoms with Gasteiger partial charge in [0.1, 0.15) is 6.10 Å². The summed E-state index contributed by atoms with van der Waals surface area (Å²) in [5, 5.41) is 23.5. The summed E-state index contributed by atoms with van der Waals surface area (Å²) in [6, 6.07) is 0. The standard InChI is InChI=1S/C37H60O7/c1-21-12-24-14-25(13-21)16-28(15-24)42-20-43-34(41)9-6-22(2)29-7-8-30-35-31(19-33(40)37(29,30)5)36(4)11-10-27(44-23(3)38)17-26(36)18-32(35)39/h21-22,24-33,35,39-40H,6-20H2,1-5H3/t21?,22?,24?,25?,26?,27-,28?,29?,30?,31?,32-,33+,35?,36+,37-/m1/s1. The monoisotopic (exact) mass is 616 g/mol. The maximum absolute atomic E-state index is 12.7. The van der Waals surface area contributed by atoms with Crippen molar-refractivity contribution in [1.29, 1.82) is 0 Å². The summed E-state index contributed by atoms with van der Waals surface area (Å²) in [5.41, 5.74) is -0.212. The van der Waals surface area contributed by atoms with E-state index < -0.39 is 6.10 Å². The zero-order valence-corrected chi connectivity index (χ0v) is 28.0. The van der Waals surface area contributed by atoms with Crippen LogP contribution in [0.3, 0.4) is 0 Å². The number of fused-ring (bicyclic) bond motifs is 7. The van der Waals surface area contributed by atoms with Crippen LogP contribution in [-0.2, 0) is 23.8 Å². The number of aliphatic hydroxyl groups excluding tert-OH is 2. The Hall–Kier alpha value is -1.18. The predicted molar refractivity (Wildman–Crippen MR) is 167 cm³/mol. The number of ether oxygens (including phenoxy) is 3. The first kappa shape index (κ1) is 32.7. The minimum atomic E-state index is -0.420. The molecular weight excluding hydrogens is 556 g/mol. The van der Waals surface area contributed by atoms with Crippen LogP contribution in [0.4, 0.5) is 0 Å². The highest BCUT2D eigenvalue weighted by molar-refractivity contribution is 5.69.